The van der Waals surface area contributed by atoms with E-state index in [-0.39, 0.29) is 6.04 Å². The van der Waals surface area contributed by atoms with Gasteiger partial charge in [-0.05, 0) is 0 Å². The standard InChI is InChI=1S/C3H8N2O2S/c4-3-1-5(2-3)8(6)7/h3H,1-2,4H2,(H,6,7)/p-1. The van der Waals surface area contributed by atoms with Gasteiger partial charge in [0.15, 0.2) is 0 Å². The molecule has 5 heteroatoms. The van der Waals surface area contributed by atoms with Crippen LogP contribution in [-0.4, -0.2) is 32.2 Å². The Hall–Kier alpha value is 0.0300. The zero-order valence-electron chi connectivity index (χ0n) is 4.24. The molecule has 1 fully saturated rings. The summed E-state index contributed by atoms with van der Waals surface area (Å²) in [6.45, 7) is 0.965. The van der Waals surface area contributed by atoms with Crippen molar-refractivity contribution in [2.75, 3.05) is 13.1 Å². The normalized spacial score (nSPS) is 27.2. The maximum atomic E-state index is 10.00. The summed E-state index contributed by atoms with van der Waals surface area (Å²) < 4.78 is 21.3. The van der Waals surface area contributed by atoms with Crippen molar-refractivity contribution in [1.29, 1.82) is 0 Å². The van der Waals surface area contributed by atoms with Gasteiger partial charge in [0.25, 0.3) is 0 Å². The molecule has 1 atom stereocenters. The molecule has 0 aromatic rings. The third kappa shape index (κ3) is 1.05. The molecule has 8 heavy (non-hydrogen) atoms. The van der Waals surface area contributed by atoms with E-state index < -0.39 is 11.3 Å². The van der Waals surface area contributed by atoms with Gasteiger partial charge in [-0.25, -0.2) is 4.31 Å². The molecule has 0 aromatic heterocycles. The fourth-order valence-corrected chi connectivity index (χ4v) is 1.22. The van der Waals surface area contributed by atoms with Gasteiger partial charge >= 0.3 is 0 Å². The van der Waals surface area contributed by atoms with Gasteiger partial charge in [0, 0.05) is 30.4 Å². The maximum Gasteiger partial charge on any atom is 0.0317 e. The van der Waals surface area contributed by atoms with Crippen LogP contribution in [0.2, 0.25) is 0 Å². The van der Waals surface area contributed by atoms with E-state index >= 15 is 0 Å². The molecule has 48 valence electrons. The van der Waals surface area contributed by atoms with E-state index in [4.69, 9.17) is 5.73 Å². The van der Waals surface area contributed by atoms with Crippen LogP contribution >= 0.6 is 0 Å². The average Bonchev–Trinajstić information content (AvgIpc) is 1.57. The second-order valence-corrected chi connectivity index (χ2v) is 2.77. The SMILES string of the molecule is NC1CN(S(=O)[O-])C1. The molecule has 1 unspecified atom stereocenters. The highest BCUT2D eigenvalue weighted by molar-refractivity contribution is 7.76. The predicted molar refractivity (Wildman–Crippen MR) is 28.5 cm³/mol. The van der Waals surface area contributed by atoms with Gasteiger partial charge in [-0.15, -0.1) is 0 Å². The molecule has 2 N–H and O–H groups in total. The number of hydrogen-bond acceptors (Lipinski definition) is 3. The minimum absolute atomic E-state index is 0.0629. The molecule has 0 radical (unpaired) electrons. The first-order valence-electron chi connectivity index (χ1n) is 2.30. The molecule has 4 nitrogen and oxygen atoms in total. The quantitative estimate of drug-likeness (QED) is 0.441. The molecule has 1 aliphatic rings. The molecular formula is C3H7N2O2S-. The molecule has 0 amide bonds. The van der Waals surface area contributed by atoms with Crippen LogP contribution in [0.25, 0.3) is 0 Å². The highest BCUT2D eigenvalue weighted by Gasteiger charge is 2.22. The Kier molecular flexibility index (Phi) is 1.62. The lowest BCUT2D eigenvalue weighted by molar-refractivity contribution is 0.257. The van der Waals surface area contributed by atoms with Crippen LogP contribution in [0.5, 0.6) is 0 Å². The molecule has 0 aliphatic carbocycles. The van der Waals surface area contributed by atoms with Gasteiger partial charge in [0.2, 0.25) is 0 Å². The van der Waals surface area contributed by atoms with Crippen molar-refractivity contribution in [3.8, 4) is 0 Å². The lowest BCUT2D eigenvalue weighted by atomic mass is 10.2. The van der Waals surface area contributed by atoms with Gasteiger partial charge in [0.05, 0.1) is 0 Å². The summed E-state index contributed by atoms with van der Waals surface area (Å²) in [5.74, 6) is 0. The maximum absolute atomic E-state index is 10.00. The van der Waals surface area contributed by atoms with Gasteiger partial charge < -0.3 is 10.3 Å². The number of nitrogens with two attached hydrogens (primary N) is 1. The minimum Gasteiger partial charge on any atom is -0.760 e. The van der Waals surface area contributed by atoms with Crippen LogP contribution in [0.1, 0.15) is 0 Å². The second kappa shape index (κ2) is 2.10. The highest BCUT2D eigenvalue weighted by atomic mass is 32.2. The molecule has 1 heterocycles. The first-order chi connectivity index (χ1) is 3.70. The summed E-state index contributed by atoms with van der Waals surface area (Å²) in [5, 5.41) is 0. The lowest BCUT2D eigenvalue weighted by Gasteiger charge is -2.37. The molecule has 1 rings (SSSR count). The summed E-state index contributed by atoms with van der Waals surface area (Å²) in [5.41, 5.74) is 5.29. The zero-order chi connectivity index (χ0) is 6.15. The van der Waals surface area contributed by atoms with Crippen molar-refractivity contribution in [2.24, 2.45) is 5.73 Å². The van der Waals surface area contributed by atoms with Crippen LogP contribution in [-0.2, 0) is 11.3 Å². The van der Waals surface area contributed by atoms with E-state index in [9.17, 15) is 8.76 Å². The Morgan fingerprint density at radius 2 is 2.25 bits per heavy atom. The fraction of sp³-hybridized carbons (Fsp3) is 1.00. The van der Waals surface area contributed by atoms with E-state index in [1.807, 2.05) is 0 Å². The van der Waals surface area contributed by atoms with E-state index in [0.29, 0.717) is 13.1 Å². The average molecular weight is 135 g/mol. The molecule has 1 aliphatic heterocycles. The molecular weight excluding hydrogens is 128 g/mol. The van der Waals surface area contributed by atoms with Gasteiger partial charge in [-0.2, -0.15) is 0 Å². The van der Waals surface area contributed by atoms with Crippen molar-refractivity contribution in [2.45, 2.75) is 6.04 Å². The smallest absolute Gasteiger partial charge is 0.0317 e. The van der Waals surface area contributed by atoms with Gasteiger partial charge in [0.1, 0.15) is 0 Å². The third-order valence-electron chi connectivity index (χ3n) is 1.09. The van der Waals surface area contributed by atoms with Crippen molar-refractivity contribution >= 4 is 11.3 Å². The van der Waals surface area contributed by atoms with E-state index in [2.05, 4.69) is 0 Å². The molecule has 0 bridgehead atoms. The minimum atomic E-state index is -2.04. The van der Waals surface area contributed by atoms with Crippen LogP contribution in [0.15, 0.2) is 0 Å². The van der Waals surface area contributed by atoms with Crippen molar-refractivity contribution < 1.29 is 8.76 Å². The van der Waals surface area contributed by atoms with Crippen molar-refractivity contribution in [3.63, 3.8) is 0 Å². The summed E-state index contributed by atoms with van der Waals surface area (Å²) >= 11 is -2.04. The van der Waals surface area contributed by atoms with Crippen LogP contribution in [0.4, 0.5) is 0 Å². The highest BCUT2D eigenvalue weighted by Crippen LogP contribution is 2.05. The fourth-order valence-electron chi connectivity index (χ4n) is 0.591. The molecule has 1 saturated heterocycles. The first kappa shape index (κ1) is 6.15. The summed E-state index contributed by atoms with van der Waals surface area (Å²) in [6, 6.07) is 0.0629. The largest absolute Gasteiger partial charge is 0.760 e. The Labute approximate surface area is 50.1 Å². The number of rotatable bonds is 1. The second-order valence-electron chi connectivity index (χ2n) is 1.82. The van der Waals surface area contributed by atoms with Crippen LogP contribution in [0, 0.1) is 0 Å². The van der Waals surface area contributed by atoms with Crippen LogP contribution < -0.4 is 5.73 Å². The van der Waals surface area contributed by atoms with E-state index in [0.717, 1.165) is 0 Å². The monoisotopic (exact) mass is 135 g/mol. The zero-order valence-corrected chi connectivity index (χ0v) is 5.06. The third-order valence-corrected chi connectivity index (χ3v) is 1.81. The van der Waals surface area contributed by atoms with Crippen LogP contribution in [0.3, 0.4) is 0 Å². The van der Waals surface area contributed by atoms with Crippen molar-refractivity contribution in [1.82, 2.24) is 4.31 Å². The topological polar surface area (TPSA) is 69.4 Å². The Balaban J connectivity index is 2.25. The number of nitrogens with zero attached hydrogens (tertiary/aromatic N) is 1. The Bertz CT molecular complexity index is 112. The Morgan fingerprint density at radius 3 is 2.38 bits per heavy atom. The molecule has 0 aromatic carbocycles. The first-order valence-corrected chi connectivity index (χ1v) is 3.33. The number of hydrogen-bond donors (Lipinski definition) is 1. The van der Waals surface area contributed by atoms with E-state index in [1.54, 1.807) is 0 Å². The van der Waals surface area contributed by atoms with E-state index in [1.165, 1.54) is 4.31 Å². The summed E-state index contributed by atoms with van der Waals surface area (Å²) in [6.07, 6.45) is 0. The summed E-state index contributed by atoms with van der Waals surface area (Å²) in [7, 11) is 0. The predicted octanol–water partition coefficient (Wildman–Crippen LogP) is -1.58. The molecule has 0 saturated carbocycles. The summed E-state index contributed by atoms with van der Waals surface area (Å²) in [4.78, 5) is 0. The van der Waals surface area contributed by atoms with Crippen molar-refractivity contribution in [3.05, 3.63) is 0 Å². The van der Waals surface area contributed by atoms with Gasteiger partial charge in [-0.1, -0.05) is 0 Å². The lowest BCUT2D eigenvalue weighted by Crippen LogP contribution is -2.55. The Morgan fingerprint density at radius 1 is 1.75 bits per heavy atom. The molecule has 0 spiro atoms. The van der Waals surface area contributed by atoms with Gasteiger partial charge in [-0.3, -0.25) is 4.21 Å².